The summed E-state index contributed by atoms with van der Waals surface area (Å²) in [5, 5.41) is 7.88. The third-order valence-electron chi connectivity index (χ3n) is 3.48. The minimum atomic E-state index is 0.148. The Kier molecular flexibility index (Phi) is 4.79. The molecule has 0 aliphatic heterocycles. The van der Waals surface area contributed by atoms with Gasteiger partial charge in [0.2, 0.25) is 0 Å². The fraction of sp³-hybridized carbons (Fsp3) is 0.438. The lowest BCUT2D eigenvalue weighted by atomic mass is 10.00. The second-order valence-corrected chi connectivity index (χ2v) is 4.85. The molecule has 2 aromatic rings. The van der Waals surface area contributed by atoms with E-state index in [-0.39, 0.29) is 6.04 Å². The van der Waals surface area contributed by atoms with E-state index in [9.17, 15) is 0 Å². The van der Waals surface area contributed by atoms with Crippen LogP contribution in [-0.2, 0) is 6.54 Å². The van der Waals surface area contributed by atoms with E-state index in [1.165, 1.54) is 11.1 Å². The predicted molar refractivity (Wildman–Crippen MR) is 81.2 cm³/mol. The second-order valence-electron chi connectivity index (χ2n) is 4.85. The first kappa shape index (κ1) is 14.6. The first-order chi connectivity index (χ1) is 9.69. The van der Waals surface area contributed by atoms with Crippen molar-refractivity contribution in [1.29, 1.82) is 0 Å². The summed E-state index contributed by atoms with van der Waals surface area (Å²) < 4.78 is 7.38. The summed E-state index contributed by atoms with van der Waals surface area (Å²) in [4.78, 5) is 0. The van der Waals surface area contributed by atoms with Crippen LogP contribution in [0.15, 0.2) is 30.6 Å². The van der Waals surface area contributed by atoms with Crippen LogP contribution >= 0.6 is 0 Å². The number of rotatable bonds is 6. The summed E-state index contributed by atoms with van der Waals surface area (Å²) in [6, 6.07) is 6.50. The van der Waals surface area contributed by atoms with E-state index in [1.807, 2.05) is 10.9 Å². The molecule has 4 heteroatoms. The van der Waals surface area contributed by atoms with Gasteiger partial charge in [-0.3, -0.25) is 4.68 Å². The topological polar surface area (TPSA) is 39.1 Å². The average Bonchev–Trinajstić information content (AvgIpc) is 2.94. The monoisotopic (exact) mass is 273 g/mol. The Labute approximate surface area is 120 Å². The molecule has 0 saturated heterocycles. The Hall–Kier alpha value is -1.81. The minimum absolute atomic E-state index is 0.148. The third-order valence-corrected chi connectivity index (χ3v) is 3.48. The lowest BCUT2D eigenvalue weighted by Crippen LogP contribution is -2.21. The van der Waals surface area contributed by atoms with Crippen LogP contribution in [0.1, 0.15) is 36.6 Å². The highest BCUT2D eigenvalue weighted by Gasteiger charge is 2.16. The van der Waals surface area contributed by atoms with E-state index in [4.69, 9.17) is 4.74 Å². The van der Waals surface area contributed by atoms with Gasteiger partial charge in [-0.25, -0.2) is 0 Å². The van der Waals surface area contributed by atoms with Crippen molar-refractivity contribution in [1.82, 2.24) is 15.1 Å². The van der Waals surface area contributed by atoms with E-state index in [0.717, 1.165) is 24.4 Å². The zero-order valence-corrected chi connectivity index (χ0v) is 12.7. The maximum absolute atomic E-state index is 5.43. The van der Waals surface area contributed by atoms with Gasteiger partial charge in [-0.15, -0.1) is 0 Å². The Morgan fingerprint density at radius 2 is 2.10 bits per heavy atom. The first-order valence-electron chi connectivity index (χ1n) is 7.09. The molecule has 0 aliphatic rings. The lowest BCUT2D eigenvalue weighted by molar-refractivity contribution is 0.410. The Morgan fingerprint density at radius 3 is 2.70 bits per heavy atom. The Balaban J connectivity index is 2.37. The zero-order valence-electron chi connectivity index (χ0n) is 12.7. The fourth-order valence-electron chi connectivity index (χ4n) is 2.35. The summed E-state index contributed by atoms with van der Waals surface area (Å²) in [5.74, 6) is 0.924. The van der Waals surface area contributed by atoms with Crippen LogP contribution in [0, 0.1) is 6.92 Å². The SMILES string of the molecule is CCNC(c1ccc(C)c(OC)c1)c1cnn(CC)c1. The number of hydrogen-bond acceptors (Lipinski definition) is 3. The maximum atomic E-state index is 5.43. The molecule has 1 unspecified atom stereocenters. The molecule has 108 valence electrons. The van der Waals surface area contributed by atoms with Crippen molar-refractivity contribution in [3.63, 3.8) is 0 Å². The number of nitrogens with zero attached hydrogens (tertiary/aromatic N) is 2. The highest BCUT2D eigenvalue weighted by atomic mass is 16.5. The van der Waals surface area contributed by atoms with Crippen LogP contribution in [-0.4, -0.2) is 23.4 Å². The van der Waals surface area contributed by atoms with Gasteiger partial charge in [-0.2, -0.15) is 5.10 Å². The van der Waals surface area contributed by atoms with Gasteiger partial charge in [-0.1, -0.05) is 19.1 Å². The maximum Gasteiger partial charge on any atom is 0.122 e. The normalized spacial score (nSPS) is 12.4. The van der Waals surface area contributed by atoms with Crippen LogP contribution in [0.2, 0.25) is 0 Å². The average molecular weight is 273 g/mol. The van der Waals surface area contributed by atoms with Crippen molar-refractivity contribution in [3.8, 4) is 5.75 Å². The molecule has 0 radical (unpaired) electrons. The van der Waals surface area contributed by atoms with Crippen LogP contribution in [0.5, 0.6) is 5.75 Å². The van der Waals surface area contributed by atoms with E-state index in [0.29, 0.717) is 0 Å². The Morgan fingerprint density at radius 1 is 1.30 bits per heavy atom. The van der Waals surface area contributed by atoms with Gasteiger partial charge in [0.1, 0.15) is 5.75 Å². The molecule has 1 heterocycles. The number of hydrogen-bond donors (Lipinski definition) is 1. The van der Waals surface area contributed by atoms with Crippen LogP contribution in [0.25, 0.3) is 0 Å². The van der Waals surface area contributed by atoms with Crippen molar-refractivity contribution >= 4 is 0 Å². The molecular weight excluding hydrogens is 250 g/mol. The van der Waals surface area contributed by atoms with Gasteiger partial charge in [-0.05, 0) is 37.6 Å². The number of ether oxygens (including phenoxy) is 1. The Bertz CT molecular complexity index is 563. The molecule has 0 aliphatic carbocycles. The van der Waals surface area contributed by atoms with E-state index in [2.05, 4.69) is 55.6 Å². The summed E-state index contributed by atoms with van der Waals surface area (Å²) in [6.07, 6.45) is 4.03. The van der Waals surface area contributed by atoms with E-state index < -0.39 is 0 Å². The molecular formula is C16H23N3O. The molecule has 1 atom stereocenters. The highest BCUT2D eigenvalue weighted by molar-refractivity contribution is 5.40. The summed E-state index contributed by atoms with van der Waals surface area (Å²) in [5.41, 5.74) is 3.53. The smallest absolute Gasteiger partial charge is 0.122 e. The molecule has 0 amide bonds. The van der Waals surface area contributed by atoms with Crippen molar-refractivity contribution < 1.29 is 4.74 Å². The summed E-state index contributed by atoms with van der Waals surface area (Å²) >= 11 is 0. The van der Waals surface area contributed by atoms with Gasteiger partial charge >= 0.3 is 0 Å². The quantitative estimate of drug-likeness (QED) is 0.879. The number of nitrogens with one attached hydrogen (secondary N) is 1. The van der Waals surface area contributed by atoms with Gasteiger partial charge in [0, 0.05) is 18.3 Å². The van der Waals surface area contributed by atoms with E-state index in [1.54, 1.807) is 7.11 Å². The summed E-state index contributed by atoms with van der Waals surface area (Å²) in [6.45, 7) is 8.05. The molecule has 2 rings (SSSR count). The van der Waals surface area contributed by atoms with Crippen LogP contribution in [0.3, 0.4) is 0 Å². The second kappa shape index (κ2) is 6.57. The number of aryl methyl sites for hydroxylation is 2. The third kappa shape index (κ3) is 3.02. The number of benzene rings is 1. The van der Waals surface area contributed by atoms with Crippen molar-refractivity contribution in [2.45, 2.75) is 33.4 Å². The van der Waals surface area contributed by atoms with Gasteiger partial charge in [0.25, 0.3) is 0 Å². The predicted octanol–water partition coefficient (Wildman–Crippen LogP) is 2.92. The van der Waals surface area contributed by atoms with Crippen LogP contribution in [0.4, 0.5) is 0 Å². The van der Waals surface area contributed by atoms with E-state index >= 15 is 0 Å². The largest absolute Gasteiger partial charge is 0.496 e. The summed E-state index contributed by atoms with van der Waals surface area (Å²) in [7, 11) is 1.71. The molecule has 0 spiro atoms. The number of aromatic nitrogens is 2. The molecule has 1 aromatic carbocycles. The minimum Gasteiger partial charge on any atom is -0.496 e. The fourth-order valence-corrected chi connectivity index (χ4v) is 2.35. The van der Waals surface area contributed by atoms with Crippen molar-refractivity contribution in [2.75, 3.05) is 13.7 Å². The molecule has 20 heavy (non-hydrogen) atoms. The molecule has 4 nitrogen and oxygen atoms in total. The molecule has 1 aromatic heterocycles. The van der Waals surface area contributed by atoms with Gasteiger partial charge in [0.15, 0.2) is 0 Å². The molecule has 0 saturated carbocycles. The van der Waals surface area contributed by atoms with Crippen LogP contribution < -0.4 is 10.1 Å². The number of methoxy groups -OCH3 is 1. The van der Waals surface area contributed by atoms with Gasteiger partial charge < -0.3 is 10.1 Å². The zero-order chi connectivity index (χ0) is 14.5. The van der Waals surface area contributed by atoms with Crippen molar-refractivity contribution in [3.05, 3.63) is 47.3 Å². The molecule has 0 bridgehead atoms. The van der Waals surface area contributed by atoms with Gasteiger partial charge in [0.05, 0.1) is 19.3 Å². The molecule has 1 N–H and O–H groups in total. The molecule has 0 fully saturated rings. The standard InChI is InChI=1S/C16H23N3O/c1-5-17-16(14-10-18-19(6-2)11-14)13-8-7-12(3)15(9-13)20-4/h7-11,16-17H,5-6H2,1-4H3. The highest BCUT2D eigenvalue weighted by Crippen LogP contribution is 2.27. The first-order valence-corrected chi connectivity index (χ1v) is 7.09. The van der Waals surface area contributed by atoms with Crippen molar-refractivity contribution in [2.24, 2.45) is 0 Å². The lowest BCUT2D eigenvalue weighted by Gasteiger charge is -2.18.